The first-order valence-electron chi connectivity index (χ1n) is 3.02. The van der Waals surface area contributed by atoms with Crippen LogP contribution in [0.2, 0.25) is 0 Å². The van der Waals surface area contributed by atoms with Crippen LogP contribution in [0.3, 0.4) is 0 Å². The fourth-order valence-corrected chi connectivity index (χ4v) is 5.48. The lowest BCUT2D eigenvalue weighted by atomic mass is 10.5. The van der Waals surface area contributed by atoms with Crippen LogP contribution in [0.4, 0.5) is 0 Å². The van der Waals surface area contributed by atoms with Crippen LogP contribution < -0.4 is 0 Å². The van der Waals surface area contributed by atoms with Crippen molar-refractivity contribution in [3.8, 4) is 0 Å². The van der Waals surface area contributed by atoms with Gasteiger partial charge in [-0.2, -0.15) is 0 Å². The van der Waals surface area contributed by atoms with Crippen LogP contribution in [0.15, 0.2) is 33.9 Å². The summed E-state index contributed by atoms with van der Waals surface area (Å²) in [5.41, 5.74) is 4.81. The summed E-state index contributed by atoms with van der Waals surface area (Å²) >= 11 is 0. The van der Waals surface area contributed by atoms with Gasteiger partial charge in [-0.05, 0) is 0 Å². The largest absolute Gasteiger partial charge is 0.0963 e. The number of allylic oxidation sites excluding steroid dienone is 4. The number of rotatable bonds is 0. The molecule has 0 N–H and O–H groups in total. The van der Waals surface area contributed by atoms with Gasteiger partial charge in [0.05, 0.1) is 19.0 Å². The second-order valence-electron chi connectivity index (χ2n) is 2.26. The molecule has 2 heteroatoms. The molecule has 0 aromatic carbocycles. The van der Waals surface area contributed by atoms with Crippen molar-refractivity contribution >= 4 is 19.0 Å². The van der Waals surface area contributed by atoms with E-state index in [9.17, 15) is 0 Å². The SMILES string of the molecule is C1=CC2=C(C=C[SiH2]2)[SiH2]1. The van der Waals surface area contributed by atoms with Gasteiger partial charge in [0.2, 0.25) is 0 Å². The van der Waals surface area contributed by atoms with E-state index in [-0.39, 0.29) is 19.0 Å². The standard InChI is InChI=1S/C6H8Si2/c1-3-7-6-2-4-8-5(1)6/h1-4H,7-8H2. The number of hydrogen-bond acceptors (Lipinski definition) is 0. The van der Waals surface area contributed by atoms with Crippen molar-refractivity contribution in [1.82, 2.24) is 0 Å². The summed E-state index contributed by atoms with van der Waals surface area (Å²) in [5, 5.41) is 3.47. The fraction of sp³-hybridized carbons (Fsp3) is 0. The topological polar surface area (TPSA) is 0 Å². The van der Waals surface area contributed by atoms with Crippen LogP contribution in [-0.2, 0) is 0 Å². The van der Waals surface area contributed by atoms with Gasteiger partial charge in [0.15, 0.2) is 0 Å². The average molecular weight is 136 g/mol. The van der Waals surface area contributed by atoms with E-state index >= 15 is 0 Å². The van der Waals surface area contributed by atoms with E-state index in [2.05, 4.69) is 23.6 Å². The molecule has 2 aliphatic rings. The highest BCUT2D eigenvalue weighted by atomic mass is 28.2. The molecule has 0 nitrogen and oxygen atoms in total. The Balaban J connectivity index is 2.41. The van der Waals surface area contributed by atoms with Crippen LogP contribution in [0, 0.1) is 0 Å². The van der Waals surface area contributed by atoms with Crippen molar-refractivity contribution in [2.45, 2.75) is 0 Å². The van der Waals surface area contributed by atoms with E-state index < -0.39 is 0 Å². The minimum Gasteiger partial charge on any atom is -0.0963 e. The maximum Gasteiger partial charge on any atom is 0.0781 e. The molecule has 0 bridgehead atoms. The van der Waals surface area contributed by atoms with E-state index in [1.165, 1.54) is 0 Å². The van der Waals surface area contributed by atoms with Crippen molar-refractivity contribution in [3.63, 3.8) is 0 Å². The van der Waals surface area contributed by atoms with Crippen molar-refractivity contribution in [3.05, 3.63) is 33.9 Å². The van der Waals surface area contributed by atoms with Gasteiger partial charge >= 0.3 is 0 Å². The third kappa shape index (κ3) is 0.500. The van der Waals surface area contributed by atoms with E-state index in [0.29, 0.717) is 0 Å². The van der Waals surface area contributed by atoms with E-state index in [1.54, 1.807) is 10.4 Å². The van der Waals surface area contributed by atoms with Crippen molar-refractivity contribution in [2.24, 2.45) is 0 Å². The van der Waals surface area contributed by atoms with E-state index in [4.69, 9.17) is 0 Å². The second-order valence-corrected chi connectivity index (χ2v) is 5.55. The average Bonchev–Trinajstić information content (AvgIpc) is 2.15. The number of hydrogen-bond donors (Lipinski definition) is 0. The van der Waals surface area contributed by atoms with Crippen LogP contribution in [0.1, 0.15) is 0 Å². The Hall–Kier alpha value is -0.346. The molecule has 2 aliphatic heterocycles. The molecule has 0 fully saturated rings. The Bertz CT molecular complexity index is 177. The Morgan fingerprint density at radius 1 is 0.875 bits per heavy atom. The summed E-state index contributed by atoms with van der Waals surface area (Å²) in [7, 11) is 0.238. The lowest BCUT2D eigenvalue weighted by molar-refractivity contribution is 1.90. The molecular weight excluding hydrogens is 128 g/mol. The molecule has 0 aliphatic carbocycles. The first-order chi connectivity index (χ1) is 3.97. The summed E-state index contributed by atoms with van der Waals surface area (Å²) in [6.07, 6.45) is 4.71. The molecule has 0 amide bonds. The van der Waals surface area contributed by atoms with Crippen molar-refractivity contribution in [2.75, 3.05) is 0 Å². The maximum absolute atomic E-state index is 2.40. The van der Waals surface area contributed by atoms with Gasteiger partial charge in [-0.1, -0.05) is 33.9 Å². The maximum atomic E-state index is 2.40. The zero-order valence-electron chi connectivity index (χ0n) is 4.72. The lowest BCUT2D eigenvalue weighted by Crippen LogP contribution is -1.84. The predicted octanol–water partition coefficient (Wildman–Crippen LogP) is -0.410. The Morgan fingerprint density at radius 2 is 1.38 bits per heavy atom. The van der Waals surface area contributed by atoms with Gasteiger partial charge in [0, 0.05) is 0 Å². The molecule has 2 heterocycles. The summed E-state index contributed by atoms with van der Waals surface area (Å²) < 4.78 is 0. The highest BCUT2D eigenvalue weighted by Gasteiger charge is 2.09. The smallest absolute Gasteiger partial charge is 0.0781 e. The summed E-state index contributed by atoms with van der Waals surface area (Å²) in [6, 6.07) is 0. The fourth-order valence-electron chi connectivity index (χ4n) is 1.27. The highest BCUT2D eigenvalue weighted by Crippen LogP contribution is 2.17. The van der Waals surface area contributed by atoms with Gasteiger partial charge in [-0.25, -0.2) is 0 Å². The summed E-state index contributed by atoms with van der Waals surface area (Å²) in [6.45, 7) is 0. The molecule has 0 atom stereocenters. The minimum atomic E-state index is 0.119. The van der Waals surface area contributed by atoms with Crippen molar-refractivity contribution in [1.29, 1.82) is 0 Å². The molecule has 0 saturated carbocycles. The Morgan fingerprint density at radius 3 is 1.88 bits per heavy atom. The third-order valence-electron chi connectivity index (χ3n) is 1.73. The van der Waals surface area contributed by atoms with Crippen LogP contribution in [0.25, 0.3) is 0 Å². The lowest BCUT2D eigenvalue weighted by Gasteiger charge is -1.86. The first-order valence-corrected chi connectivity index (χ1v) is 6.06. The zero-order chi connectivity index (χ0) is 5.40. The van der Waals surface area contributed by atoms with Crippen LogP contribution >= 0.6 is 0 Å². The van der Waals surface area contributed by atoms with Crippen LogP contribution in [-0.4, -0.2) is 19.0 Å². The molecular formula is C6H8Si2. The third-order valence-corrected chi connectivity index (χ3v) is 5.43. The minimum absolute atomic E-state index is 0.119. The van der Waals surface area contributed by atoms with E-state index in [1.807, 2.05) is 0 Å². The van der Waals surface area contributed by atoms with Gasteiger partial charge in [-0.3, -0.25) is 0 Å². The second kappa shape index (κ2) is 1.57. The molecule has 2 rings (SSSR count). The monoisotopic (exact) mass is 136 g/mol. The summed E-state index contributed by atoms with van der Waals surface area (Å²) in [5.74, 6) is 0. The Kier molecular flexibility index (Phi) is 0.886. The quantitative estimate of drug-likeness (QED) is 0.397. The molecule has 0 unspecified atom stereocenters. The van der Waals surface area contributed by atoms with Gasteiger partial charge < -0.3 is 0 Å². The molecule has 0 spiro atoms. The highest BCUT2D eigenvalue weighted by molar-refractivity contribution is 6.65. The first kappa shape index (κ1) is 4.52. The molecule has 8 heavy (non-hydrogen) atoms. The van der Waals surface area contributed by atoms with Crippen molar-refractivity contribution < 1.29 is 0 Å². The summed E-state index contributed by atoms with van der Waals surface area (Å²) in [4.78, 5) is 0. The predicted molar refractivity (Wildman–Crippen MR) is 42.4 cm³/mol. The molecule has 40 valence electrons. The normalized spacial score (nSPS) is 29.0. The van der Waals surface area contributed by atoms with Gasteiger partial charge in [0.1, 0.15) is 0 Å². The molecule has 0 saturated heterocycles. The molecule has 0 aromatic rings. The molecule has 0 radical (unpaired) electrons. The molecule has 0 aromatic heterocycles. The zero-order valence-corrected chi connectivity index (χ0v) is 7.55. The Labute approximate surface area is 53.6 Å². The van der Waals surface area contributed by atoms with Gasteiger partial charge in [0.25, 0.3) is 0 Å². The van der Waals surface area contributed by atoms with Gasteiger partial charge in [-0.15, -0.1) is 0 Å². The van der Waals surface area contributed by atoms with Crippen LogP contribution in [0.5, 0.6) is 0 Å². The van der Waals surface area contributed by atoms with E-state index in [0.717, 1.165) is 0 Å².